The van der Waals surface area contributed by atoms with Gasteiger partial charge in [0.1, 0.15) is 6.04 Å². The molecule has 0 fully saturated rings. The first-order chi connectivity index (χ1) is 7.13. The molecule has 0 saturated carbocycles. The number of rotatable bonds is 5. The van der Waals surface area contributed by atoms with Gasteiger partial charge in [0.25, 0.3) is 0 Å². The molecule has 0 aliphatic rings. The van der Waals surface area contributed by atoms with Gasteiger partial charge in [-0.15, -0.1) is 0 Å². The summed E-state index contributed by atoms with van der Waals surface area (Å²) in [6, 6.07) is 6.45. The third-order valence-electron chi connectivity index (χ3n) is 1.97. The van der Waals surface area contributed by atoms with Crippen LogP contribution < -0.4 is 5.32 Å². The van der Waals surface area contributed by atoms with Crippen molar-refractivity contribution in [3.8, 4) is 0 Å². The molecule has 0 aromatic heterocycles. The number of halogens is 1. The molecule has 0 amide bonds. The van der Waals surface area contributed by atoms with Gasteiger partial charge in [-0.05, 0) is 23.9 Å². The Balaban J connectivity index is 2.69. The van der Waals surface area contributed by atoms with E-state index in [2.05, 4.69) is 11.9 Å². The topological polar surface area (TPSA) is 49.3 Å². The van der Waals surface area contributed by atoms with E-state index in [9.17, 15) is 4.79 Å². The summed E-state index contributed by atoms with van der Waals surface area (Å²) in [5, 5.41) is 12.2. The second-order valence-electron chi connectivity index (χ2n) is 3.09. The lowest BCUT2D eigenvalue weighted by atomic mass is 10.1. The predicted octanol–water partition coefficient (Wildman–Crippen LogP) is 2.07. The standard InChI is InChI=1S/C11H12ClNO2/c1-2-13-10(11(14)15)7-8-3-5-9(12)6-4-8/h2-6,10,13H,1,7H2,(H,14,15)/t10-/m1/s1. The monoisotopic (exact) mass is 225 g/mol. The number of carboxylic acids is 1. The predicted molar refractivity (Wildman–Crippen MR) is 59.9 cm³/mol. The highest BCUT2D eigenvalue weighted by Crippen LogP contribution is 2.11. The molecule has 1 aromatic carbocycles. The highest BCUT2D eigenvalue weighted by atomic mass is 35.5. The summed E-state index contributed by atoms with van der Waals surface area (Å²) >= 11 is 5.72. The summed E-state index contributed by atoms with van der Waals surface area (Å²) in [5.41, 5.74) is 0.918. The molecular formula is C11H12ClNO2. The van der Waals surface area contributed by atoms with E-state index in [1.54, 1.807) is 12.1 Å². The van der Waals surface area contributed by atoms with Gasteiger partial charge in [-0.3, -0.25) is 0 Å². The molecule has 0 saturated heterocycles. The van der Waals surface area contributed by atoms with Crippen LogP contribution in [0.25, 0.3) is 0 Å². The molecule has 3 nitrogen and oxygen atoms in total. The normalized spacial score (nSPS) is 11.8. The van der Waals surface area contributed by atoms with Gasteiger partial charge in [-0.2, -0.15) is 0 Å². The van der Waals surface area contributed by atoms with Crippen molar-refractivity contribution in [2.45, 2.75) is 12.5 Å². The third kappa shape index (κ3) is 3.64. The molecule has 0 radical (unpaired) electrons. The van der Waals surface area contributed by atoms with E-state index in [0.717, 1.165) is 5.56 Å². The van der Waals surface area contributed by atoms with E-state index >= 15 is 0 Å². The molecule has 0 bridgehead atoms. The van der Waals surface area contributed by atoms with Gasteiger partial charge in [-0.1, -0.05) is 30.3 Å². The van der Waals surface area contributed by atoms with Gasteiger partial charge in [0, 0.05) is 11.4 Å². The van der Waals surface area contributed by atoms with Crippen LogP contribution in [0.5, 0.6) is 0 Å². The Morgan fingerprint density at radius 1 is 1.53 bits per heavy atom. The number of hydrogen-bond donors (Lipinski definition) is 2. The second kappa shape index (κ2) is 5.41. The van der Waals surface area contributed by atoms with Gasteiger partial charge in [0.15, 0.2) is 0 Å². The molecule has 1 atom stereocenters. The van der Waals surface area contributed by atoms with Crippen molar-refractivity contribution in [3.05, 3.63) is 47.6 Å². The van der Waals surface area contributed by atoms with Crippen molar-refractivity contribution in [3.63, 3.8) is 0 Å². The van der Waals surface area contributed by atoms with Crippen molar-refractivity contribution < 1.29 is 9.90 Å². The van der Waals surface area contributed by atoms with Gasteiger partial charge < -0.3 is 10.4 Å². The minimum atomic E-state index is -0.898. The highest BCUT2D eigenvalue weighted by Gasteiger charge is 2.15. The Labute approximate surface area is 93.4 Å². The Morgan fingerprint density at radius 3 is 2.60 bits per heavy atom. The zero-order valence-electron chi connectivity index (χ0n) is 8.11. The number of aliphatic carboxylic acids is 1. The number of hydrogen-bond acceptors (Lipinski definition) is 2. The van der Waals surface area contributed by atoms with E-state index in [1.807, 2.05) is 12.1 Å². The van der Waals surface area contributed by atoms with Crippen molar-refractivity contribution in [2.75, 3.05) is 0 Å². The fourth-order valence-electron chi connectivity index (χ4n) is 1.22. The fraction of sp³-hybridized carbons (Fsp3) is 0.182. The third-order valence-corrected chi connectivity index (χ3v) is 2.22. The molecule has 0 spiro atoms. The van der Waals surface area contributed by atoms with E-state index in [-0.39, 0.29) is 0 Å². The maximum atomic E-state index is 10.8. The number of nitrogens with one attached hydrogen (secondary N) is 1. The molecule has 0 heterocycles. The Hall–Kier alpha value is -1.48. The number of carbonyl (C=O) groups is 1. The lowest BCUT2D eigenvalue weighted by Crippen LogP contribution is -2.34. The molecule has 4 heteroatoms. The molecule has 15 heavy (non-hydrogen) atoms. The first-order valence-electron chi connectivity index (χ1n) is 4.47. The quantitative estimate of drug-likeness (QED) is 0.807. The summed E-state index contributed by atoms with van der Waals surface area (Å²) in [7, 11) is 0. The fourth-order valence-corrected chi connectivity index (χ4v) is 1.34. The molecule has 1 aromatic rings. The Kier molecular flexibility index (Phi) is 4.18. The highest BCUT2D eigenvalue weighted by molar-refractivity contribution is 6.30. The SMILES string of the molecule is C=CN[C@H](Cc1ccc(Cl)cc1)C(=O)O. The summed E-state index contributed by atoms with van der Waals surface area (Å²) in [6.45, 7) is 3.44. The van der Waals surface area contributed by atoms with Crippen LogP contribution >= 0.6 is 11.6 Å². The number of carboxylic acid groups (broad SMARTS) is 1. The summed E-state index contributed by atoms with van der Waals surface area (Å²) in [5.74, 6) is -0.898. The summed E-state index contributed by atoms with van der Waals surface area (Å²) in [4.78, 5) is 10.8. The van der Waals surface area contributed by atoms with Crippen LogP contribution in [0, 0.1) is 0 Å². The van der Waals surface area contributed by atoms with Crippen molar-refractivity contribution in [2.24, 2.45) is 0 Å². The van der Waals surface area contributed by atoms with Crippen LogP contribution in [0.1, 0.15) is 5.56 Å². The van der Waals surface area contributed by atoms with Gasteiger partial charge >= 0.3 is 5.97 Å². The second-order valence-corrected chi connectivity index (χ2v) is 3.53. The lowest BCUT2D eigenvalue weighted by Gasteiger charge is -2.12. The molecule has 0 unspecified atom stereocenters. The van der Waals surface area contributed by atoms with Crippen LogP contribution in [0.15, 0.2) is 37.0 Å². The van der Waals surface area contributed by atoms with E-state index < -0.39 is 12.0 Å². The van der Waals surface area contributed by atoms with E-state index in [0.29, 0.717) is 11.4 Å². The van der Waals surface area contributed by atoms with Crippen molar-refractivity contribution in [1.82, 2.24) is 5.32 Å². The minimum Gasteiger partial charge on any atom is -0.480 e. The van der Waals surface area contributed by atoms with Crippen LogP contribution in [0.4, 0.5) is 0 Å². The maximum absolute atomic E-state index is 10.8. The van der Waals surface area contributed by atoms with Crippen LogP contribution in [-0.2, 0) is 11.2 Å². The van der Waals surface area contributed by atoms with Gasteiger partial charge in [0.2, 0.25) is 0 Å². The Morgan fingerprint density at radius 2 is 2.13 bits per heavy atom. The molecule has 1 rings (SSSR count). The smallest absolute Gasteiger partial charge is 0.326 e. The zero-order valence-corrected chi connectivity index (χ0v) is 8.87. The zero-order chi connectivity index (χ0) is 11.3. The van der Waals surface area contributed by atoms with Gasteiger partial charge in [-0.25, -0.2) is 4.79 Å². The van der Waals surface area contributed by atoms with Gasteiger partial charge in [0.05, 0.1) is 0 Å². The van der Waals surface area contributed by atoms with Crippen LogP contribution in [0.3, 0.4) is 0 Å². The average Bonchev–Trinajstić information content (AvgIpc) is 2.20. The molecule has 2 N–H and O–H groups in total. The largest absolute Gasteiger partial charge is 0.480 e. The van der Waals surface area contributed by atoms with Crippen molar-refractivity contribution >= 4 is 17.6 Å². The van der Waals surface area contributed by atoms with E-state index in [4.69, 9.17) is 16.7 Å². The molecule has 80 valence electrons. The van der Waals surface area contributed by atoms with E-state index in [1.165, 1.54) is 6.20 Å². The minimum absolute atomic E-state index is 0.401. The first-order valence-corrected chi connectivity index (χ1v) is 4.85. The average molecular weight is 226 g/mol. The molecular weight excluding hydrogens is 214 g/mol. The number of benzene rings is 1. The maximum Gasteiger partial charge on any atom is 0.326 e. The Bertz CT molecular complexity index is 348. The van der Waals surface area contributed by atoms with Crippen LogP contribution in [-0.4, -0.2) is 17.1 Å². The molecule has 0 aliphatic heterocycles. The lowest BCUT2D eigenvalue weighted by molar-refractivity contribution is -0.139. The summed E-state index contributed by atoms with van der Waals surface area (Å²) < 4.78 is 0. The van der Waals surface area contributed by atoms with Crippen LogP contribution in [0.2, 0.25) is 5.02 Å². The van der Waals surface area contributed by atoms with Crippen molar-refractivity contribution in [1.29, 1.82) is 0 Å². The molecule has 0 aliphatic carbocycles. The first kappa shape index (κ1) is 11.6. The summed E-state index contributed by atoms with van der Waals surface area (Å²) in [6.07, 6.45) is 1.78.